The standard InChI is InChI=1S/C21H22F4O2/c1-20(2,3)14-17(24)15(22)13(16(23)18(14)25)19(26)11-7-9-12(10-8-11)27-21(4,5)6/h7-10H,1-6H3. The molecule has 0 fully saturated rings. The largest absolute Gasteiger partial charge is 0.488 e. The minimum atomic E-state index is -1.70. The third kappa shape index (κ3) is 4.31. The van der Waals surface area contributed by atoms with Crippen LogP contribution in [0.3, 0.4) is 0 Å². The molecule has 0 radical (unpaired) electrons. The van der Waals surface area contributed by atoms with Gasteiger partial charge in [0, 0.05) is 11.1 Å². The first-order chi connectivity index (χ1) is 12.2. The van der Waals surface area contributed by atoms with Crippen molar-refractivity contribution in [1.82, 2.24) is 0 Å². The predicted molar refractivity (Wildman–Crippen MR) is 95.2 cm³/mol. The van der Waals surface area contributed by atoms with Gasteiger partial charge in [-0.05, 0) is 50.5 Å². The van der Waals surface area contributed by atoms with Crippen LogP contribution in [0.25, 0.3) is 0 Å². The van der Waals surface area contributed by atoms with Crippen molar-refractivity contribution in [2.75, 3.05) is 0 Å². The van der Waals surface area contributed by atoms with Crippen molar-refractivity contribution in [3.8, 4) is 5.75 Å². The van der Waals surface area contributed by atoms with Crippen LogP contribution < -0.4 is 4.74 Å². The number of carbonyl (C=O) groups is 1. The molecule has 0 aliphatic heterocycles. The van der Waals surface area contributed by atoms with Crippen molar-refractivity contribution >= 4 is 5.78 Å². The number of rotatable bonds is 3. The quantitative estimate of drug-likeness (QED) is 0.373. The van der Waals surface area contributed by atoms with Gasteiger partial charge in [0.15, 0.2) is 29.1 Å². The Hall–Kier alpha value is -2.37. The molecule has 146 valence electrons. The van der Waals surface area contributed by atoms with E-state index in [1.807, 2.05) is 20.8 Å². The van der Waals surface area contributed by atoms with Crippen LogP contribution in [0.2, 0.25) is 0 Å². The first-order valence-corrected chi connectivity index (χ1v) is 8.44. The zero-order valence-electron chi connectivity index (χ0n) is 16.1. The van der Waals surface area contributed by atoms with Gasteiger partial charge in [0.1, 0.15) is 16.9 Å². The molecule has 0 amide bonds. The molecule has 0 saturated heterocycles. The highest BCUT2D eigenvalue weighted by molar-refractivity contribution is 6.09. The molecule has 0 saturated carbocycles. The summed E-state index contributed by atoms with van der Waals surface area (Å²) < 4.78 is 63.2. The predicted octanol–water partition coefficient (Wildman–Crippen LogP) is 5.95. The minimum Gasteiger partial charge on any atom is -0.488 e. The van der Waals surface area contributed by atoms with Crippen molar-refractivity contribution in [1.29, 1.82) is 0 Å². The molecule has 0 spiro atoms. The number of ether oxygens (including phenoxy) is 1. The maximum Gasteiger partial charge on any atom is 0.199 e. The molecule has 0 bridgehead atoms. The van der Waals surface area contributed by atoms with E-state index in [-0.39, 0.29) is 5.56 Å². The highest BCUT2D eigenvalue weighted by Crippen LogP contribution is 2.34. The molecule has 0 unspecified atom stereocenters. The second-order valence-corrected chi connectivity index (χ2v) is 8.32. The molecular formula is C21H22F4O2. The van der Waals surface area contributed by atoms with E-state index in [0.29, 0.717) is 5.75 Å². The highest BCUT2D eigenvalue weighted by atomic mass is 19.2. The fourth-order valence-electron chi connectivity index (χ4n) is 2.66. The maximum absolute atomic E-state index is 14.4. The molecule has 0 N–H and O–H groups in total. The zero-order chi connectivity index (χ0) is 20.7. The van der Waals surface area contributed by atoms with Crippen LogP contribution in [0.4, 0.5) is 17.6 Å². The van der Waals surface area contributed by atoms with Crippen LogP contribution >= 0.6 is 0 Å². The summed E-state index contributed by atoms with van der Waals surface area (Å²) in [5, 5.41) is 0. The Bertz CT molecular complexity index is 844. The fraction of sp³-hybridized carbons (Fsp3) is 0.381. The molecule has 0 heterocycles. The molecule has 2 nitrogen and oxygen atoms in total. The van der Waals surface area contributed by atoms with E-state index >= 15 is 0 Å². The van der Waals surface area contributed by atoms with Gasteiger partial charge in [-0.15, -0.1) is 0 Å². The summed E-state index contributed by atoms with van der Waals surface area (Å²) >= 11 is 0. The van der Waals surface area contributed by atoms with Crippen molar-refractivity contribution in [3.63, 3.8) is 0 Å². The van der Waals surface area contributed by atoms with Crippen LogP contribution in [0.1, 0.15) is 63.0 Å². The van der Waals surface area contributed by atoms with Crippen molar-refractivity contribution in [3.05, 3.63) is 64.2 Å². The van der Waals surface area contributed by atoms with E-state index in [2.05, 4.69) is 0 Å². The van der Waals surface area contributed by atoms with Crippen LogP contribution in [-0.4, -0.2) is 11.4 Å². The lowest BCUT2D eigenvalue weighted by molar-refractivity contribution is 0.102. The van der Waals surface area contributed by atoms with E-state index in [1.54, 1.807) is 0 Å². The Labute approximate surface area is 156 Å². The summed E-state index contributed by atoms with van der Waals surface area (Å²) in [5.41, 5.74) is -3.75. The first kappa shape index (κ1) is 20.9. The number of benzene rings is 2. The lowest BCUT2D eigenvalue weighted by Crippen LogP contribution is -2.23. The summed E-state index contributed by atoms with van der Waals surface area (Å²) in [6, 6.07) is 5.47. The zero-order valence-corrected chi connectivity index (χ0v) is 16.1. The van der Waals surface area contributed by atoms with Gasteiger partial charge in [0.25, 0.3) is 0 Å². The Kier molecular flexibility index (Phi) is 5.41. The SMILES string of the molecule is CC(C)(C)Oc1ccc(C(=O)c2c(F)c(F)c(C(C)(C)C)c(F)c2F)cc1. The van der Waals surface area contributed by atoms with Crippen molar-refractivity contribution < 1.29 is 27.1 Å². The summed E-state index contributed by atoms with van der Waals surface area (Å²) in [5.74, 6) is -7.21. The average Bonchev–Trinajstić information content (AvgIpc) is 2.51. The number of carbonyl (C=O) groups excluding carboxylic acids is 1. The Balaban J connectivity index is 2.51. The smallest absolute Gasteiger partial charge is 0.199 e. The molecular weight excluding hydrogens is 360 g/mol. The topological polar surface area (TPSA) is 26.3 Å². The van der Waals surface area contributed by atoms with E-state index in [1.165, 1.54) is 45.0 Å². The summed E-state index contributed by atoms with van der Waals surface area (Å²) in [7, 11) is 0. The Morgan fingerprint density at radius 2 is 1.22 bits per heavy atom. The number of halogens is 4. The van der Waals surface area contributed by atoms with Gasteiger partial charge in [-0.2, -0.15) is 0 Å². The van der Waals surface area contributed by atoms with E-state index in [4.69, 9.17) is 4.74 Å². The summed E-state index contributed by atoms with van der Waals surface area (Å²) in [6.45, 7) is 9.76. The number of hydrogen-bond acceptors (Lipinski definition) is 2. The molecule has 0 aliphatic rings. The maximum atomic E-state index is 14.4. The molecule has 6 heteroatoms. The van der Waals surface area contributed by atoms with Crippen LogP contribution in [0.15, 0.2) is 24.3 Å². The first-order valence-electron chi connectivity index (χ1n) is 8.44. The van der Waals surface area contributed by atoms with E-state index < -0.39 is 51.2 Å². The van der Waals surface area contributed by atoms with Crippen LogP contribution in [0, 0.1) is 23.3 Å². The van der Waals surface area contributed by atoms with Crippen LogP contribution in [0.5, 0.6) is 5.75 Å². The van der Waals surface area contributed by atoms with E-state index in [9.17, 15) is 22.4 Å². The van der Waals surface area contributed by atoms with Gasteiger partial charge in [0.2, 0.25) is 0 Å². The molecule has 2 aromatic carbocycles. The Morgan fingerprint density at radius 3 is 1.59 bits per heavy atom. The molecule has 27 heavy (non-hydrogen) atoms. The third-order valence-corrected chi connectivity index (χ3v) is 3.78. The van der Waals surface area contributed by atoms with Crippen molar-refractivity contribution in [2.24, 2.45) is 0 Å². The average molecular weight is 382 g/mol. The molecule has 0 aromatic heterocycles. The lowest BCUT2D eigenvalue weighted by Gasteiger charge is -2.22. The third-order valence-electron chi connectivity index (χ3n) is 3.78. The highest BCUT2D eigenvalue weighted by Gasteiger charge is 2.34. The van der Waals surface area contributed by atoms with Gasteiger partial charge < -0.3 is 4.74 Å². The van der Waals surface area contributed by atoms with Crippen molar-refractivity contribution in [2.45, 2.75) is 52.6 Å². The second-order valence-electron chi connectivity index (χ2n) is 8.32. The minimum absolute atomic E-state index is 0.114. The Morgan fingerprint density at radius 1 is 0.778 bits per heavy atom. The number of ketones is 1. The van der Waals surface area contributed by atoms with Gasteiger partial charge in [-0.1, -0.05) is 20.8 Å². The second kappa shape index (κ2) is 6.98. The summed E-state index contributed by atoms with van der Waals surface area (Å²) in [4.78, 5) is 12.5. The summed E-state index contributed by atoms with van der Waals surface area (Å²) in [6.07, 6.45) is 0. The molecule has 2 rings (SSSR count). The van der Waals surface area contributed by atoms with Gasteiger partial charge in [-0.3, -0.25) is 4.79 Å². The molecule has 0 aliphatic carbocycles. The van der Waals surface area contributed by atoms with Gasteiger partial charge in [0.05, 0.1) is 0 Å². The van der Waals surface area contributed by atoms with Gasteiger partial charge in [-0.25, -0.2) is 17.6 Å². The fourth-order valence-corrected chi connectivity index (χ4v) is 2.66. The molecule has 2 aromatic rings. The van der Waals surface area contributed by atoms with Gasteiger partial charge >= 0.3 is 0 Å². The van der Waals surface area contributed by atoms with E-state index in [0.717, 1.165) is 0 Å². The monoisotopic (exact) mass is 382 g/mol. The van der Waals surface area contributed by atoms with Crippen LogP contribution in [-0.2, 0) is 5.41 Å². The molecule has 0 atom stereocenters. The normalized spacial score (nSPS) is 12.2. The number of hydrogen-bond donors (Lipinski definition) is 0. The lowest BCUT2D eigenvalue weighted by atomic mass is 9.84.